The zero-order valence-corrected chi connectivity index (χ0v) is 9.89. The van der Waals surface area contributed by atoms with Crippen LogP contribution < -0.4 is 0 Å². The Hall–Kier alpha value is -1.83. The fraction of sp³-hybridized carbons (Fsp3) is 0.267. The fourth-order valence-corrected chi connectivity index (χ4v) is 2.78. The molecule has 1 atom stereocenters. The average Bonchev–Trinajstić information content (AvgIpc) is 2.93. The highest BCUT2D eigenvalue weighted by molar-refractivity contribution is 5.72. The monoisotopic (exact) mass is 225 g/mol. The topological polar surface area (TPSA) is 22.0 Å². The minimum atomic E-state index is 0.333. The van der Waals surface area contributed by atoms with Crippen LogP contribution >= 0.6 is 0 Å². The van der Waals surface area contributed by atoms with Gasteiger partial charge in [0.05, 0.1) is 11.7 Å². The van der Waals surface area contributed by atoms with Crippen LogP contribution in [0.4, 0.5) is 0 Å². The lowest BCUT2D eigenvalue weighted by Gasteiger charge is -2.16. The zero-order valence-electron chi connectivity index (χ0n) is 9.89. The van der Waals surface area contributed by atoms with E-state index in [0.717, 1.165) is 24.8 Å². The van der Waals surface area contributed by atoms with E-state index in [0.29, 0.717) is 6.04 Å². The van der Waals surface area contributed by atoms with E-state index in [1.807, 2.05) is 18.3 Å². The van der Waals surface area contributed by atoms with Gasteiger partial charge in [0.25, 0.3) is 0 Å². The molecule has 1 aromatic heterocycles. The van der Waals surface area contributed by atoms with Crippen LogP contribution in [0.15, 0.2) is 36.5 Å². The molecule has 86 valence electrons. The van der Waals surface area contributed by atoms with Gasteiger partial charge in [-0.05, 0) is 43.0 Å². The van der Waals surface area contributed by atoms with Gasteiger partial charge in [-0.2, -0.15) is 0 Å². The van der Waals surface area contributed by atoms with Crippen molar-refractivity contribution in [3.63, 3.8) is 0 Å². The number of aldehydes is 1. The molecule has 0 radical (unpaired) electrons. The van der Waals surface area contributed by atoms with E-state index in [-0.39, 0.29) is 0 Å². The summed E-state index contributed by atoms with van der Waals surface area (Å²) in [6.45, 7) is 2.12. The van der Waals surface area contributed by atoms with Crippen LogP contribution in [0.25, 0.3) is 0 Å². The maximum atomic E-state index is 11.0. The summed E-state index contributed by atoms with van der Waals surface area (Å²) in [5, 5.41) is 0. The molecule has 2 heteroatoms. The van der Waals surface area contributed by atoms with Crippen LogP contribution in [0.3, 0.4) is 0 Å². The van der Waals surface area contributed by atoms with Crippen molar-refractivity contribution >= 4 is 6.29 Å². The predicted octanol–water partition coefficient (Wildman–Crippen LogP) is 3.14. The van der Waals surface area contributed by atoms with E-state index in [1.54, 1.807) is 0 Å². The molecule has 0 N–H and O–H groups in total. The molecule has 0 spiro atoms. The number of carbonyl (C=O) groups is 1. The van der Waals surface area contributed by atoms with Crippen molar-refractivity contribution in [1.29, 1.82) is 0 Å². The van der Waals surface area contributed by atoms with Crippen LogP contribution in [0.5, 0.6) is 0 Å². The Balaban J connectivity index is 2.09. The molecule has 1 aliphatic carbocycles. The Morgan fingerprint density at radius 3 is 3.06 bits per heavy atom. The van der Waals surface area contributed by atoms with Crippen molar-refractivity contribution in [2.24, 2.45) is 0 Å². The Labute approximate surface area is 101 Å². The lowest BCUT2D eigenvalue weighted by atomic mass is 10.0. The summed E-state index contributed by atoms with van der Waals surface area (Å²) in [6, 6.07) is 10.8. The van der Waals surface area contributed by atoms with Gasteiger partial charge in [-0.25, -0.2) is 0 Å². The van der Waals surface area contributed by atoms with Gasteiger partial charge in [0, 0.05) is 6.20 Å². The van der Waals surface area contributed by atoms with Gasteiger partial charge < -0.3 is 4.57 Å². The first kappa shape index (κ1) is 10.3. The number of carbonyl (C=O) groups excluding carboxylic acids is 1. The molecular formula is C15H15NO. The number of hydrogen-bond acceptors (Lipinski definition) is 1. The van der Waals surface area contributed by atoms with Gasteiger partial charge in [0.2, 0.25) is 0 Å². The molecule has 0 aliphatic heterocycles. The number of aromatic nitrogens is 1. The smallest absolute Gasteiger partial charge is 0.166 e. The molecule has 1 aromatic carbocycles. The van der Waals surface area contributed by atoms with Crippen LogP contribution in [0, 0.1) is 6.92 Å². The van der Waals surface area contributed by atoms with Crippen LogP contribution in [-0.2, 0) is 6.42 Å². The molecule has 0 bridgehead atoms. The fourth-order valence-electron chi connectivity index (χ4n) is 2.78. The Morgan fingerprint density at radius 2 is 2.24 bits per heavy atom. The highest BCUT2D eigenvalue weighted by Gasteiger charge is 2.24. The molecule has 17 heavy (non-hydrogen) atoms. The molecule has 2 nitrogen and oxygen atoms in total. The van der Waals surface area contributed by atoms with Crippen molar-refractivity contribution in [2.75, 3.05) is 0 Å². The van der Waals surface area contributed by atoms with Gasteiger partial charge in [-0.1, -0.05) is 23.8 Å². The maximum Gasteiger partial charge on any atom is 0.166 e. The number of hydrogen-bond donors (Lipinski definition) is 0. The first-order valence-electron chi connectivity index (χ1n) is 6.01. The van der Waals surface area contributed by atoms with Gasteiger partial charge in [-0.15, -0.1) is 0 Å². The van der Waals surface area contributed by atoms with Gasteiger partial charge >= 0.3 is 0 Å². The zero-order chi connectivity index (χ0) is 11.8. The van der Waals surface area contributed by atoms with Gasteiger partial charge in [0.1, 0.15) is 0 Å². The highest BCUT2D eigenvalue weighted by atomic mass is 16.1. The summed E-state index contributed by atoms with van der Waals surface area (Å²) >= 11 is 0. The molecule has 0 fully saturated rings. The second-order valence-electron chi connectivity index (χ2n) is 4.71. The first-order valence-corrected chi connectivity index (χ1v) is 6.01. The standard InChI is InChI=1S/C15H15NO/c1-11-4-5-12-6-7-15(14(12)9-11)16-8-2-3-13(16)10-17/h2-5,8-10,15H,6-7H2,1H3. The van der Waals surface area contributed by atoms with E-state index in [1.165, 1.54) is 16.7 Å². The van der Waals surface area contributed by atoms with E-state index in [4.69, 9.17) is 0 Å². The van der Waals surface area contributed by atoms with Gasteiger partial charge in [-0.3, -0.25) is 4.79 Å². The molecule has 0 amide bonds. The molecule has 1 aliphatic rings. The van der Waals surface area contributed by atoms with Crippen molar-refractivity contribution in [3.05, 3.63) is 58.9 Å². The average molecular weight is 225 g/mol. The number of aryl methyl sites for hydroxylation is 2. The molecular weight excluding hydrogens is 210 g/mol. The van der Waals surface area contributed by atoms with Crippen molar-refractivity contribution in [2.45, 2.75) is 25.8 Å². The summed E-state index contributed by atoms with van der Waals surface area (Å²) < 4.78 is 2.10. The molecule has 1 unspecified atom stereocenters. The highest BCUT2D eigenvalue weighted by Crippen LogP contribution is 2.35. The van der Waals surface area contributed by atoms with Crippen LogP contribution in [-0.4, -0.2) is 10.9 Å². The third-order valence-corrected chi connectivity index (χ3v) is 3.62. The summed E-state index contributed by atoms with van der Waals surface area (Å²) in [7, 11) is 0. The number of benzene rings is 1. The van der Waals surface area contributed by atoms with Crippen molar-refractivity contribution in [3.8, 4) is 0 Å². The second-order valence-corrected chi connectivity index (χ2v) is 4.71. The second kappa shape index (κ2) is 3.88. The molecule has 0 saturated heterocycles. The third-order valence-electron chi connectivity index (χ3n) is 3.62. The summed E-state index contributed by atoms with van der Waals surface area (Å²) in [5.41, 5.74) is 4.86. The number of rotatable bonds is 2. The minimum absolute atomic E-state index is 0.333. The van der Waals surface area contributed by atoms with E-state index < -0.39 is 0 Å². The van der Waals surface area contributed by atoms with E-state index in [2.05, 4.69) is 29.7 Å². The quantitative estimate of drug-likeness (QED) is 0.720. The normalized spacial score (nSPS) is 18.1. The minimum Gasteiger partial charge on any atom is -0.338 e. The van der Waals surface area contributed by atoms with Crippen molar-refractivity contribution < 1.29 is 4.79 Å². The number of nitrogens with zero attached hydrogens (tertiary/aromatic N) is 1. The Bertz CT molecular complexity index is 568. The lowest BCUT2D eigenvalue weighted by molar-refractivity contribution is 0.111. The predicted molar refractivity (Wildman–Crippen MR) is 67.5 cm³/mol. The largest absolute Gasteiger partial charge is 0.338 e. The SMILES string of the molecule is Cc1ccc2c(c1)C(n1cccc1C=O)CC2. The molecule has 1 heterocycles. The van der Waals surface area contributed by atoms with Crippen LogP contribution in [0.1, 0.15) is 39.6 Å². The first-order chi connectivity index (χ1) is 8.29. The van der Waals surface area contributed by atoms with Crippen molar-refractivity contribution in [1.82, 2.24) is 4.57 Å². The summed E-state index contributed by atoms with van der Waals surface area (Å²) in [6.07, 6.45) is 5.14. The summed E-state index contributed by atoms with van der Waals surface area (Å²) in [5.74, 6) is 0. The van der Waals surface area contributed by atoms with E-state index >= 15 is 0 Å². The van der Waals surface area contributed by atoms with E-state index in [9.17, 15) is 4.79 Å². The Morgan fingerprint density at radius 1 is 1.35 bits per heavy atom. The maximum absolute atomic E-state index is 11.0. The third kappa shape index (κ3) is 1.60. The Kier molecular flexibility index (Phi) is 2.36. The molecule has 0 saturated carbocycles. The lowest BCUT2D eigenvalue weighted by Crippen LogP contribution is -2.09. The van der Waals surface area contributed by atoms with Gasteiger partial charge in [0.15, 0.2) is 6.29 Å². The summed E-state index contributed by atoms with van der Waals surface area (Å²) in [4.78, 5) is 11.0. The molecule has 3 rings (SSSR count). The van der Waals surface area contributed by atoms with Crippen LogP contribution in [0.2, 0.25) is 0 Å². The molecule has 2 aromatic rings. The number of fused-ring (bicyclic) bond motifs is 1.